The minimum absolute atomic E-state index is 0.0687. The van der Waals surface area contributed by atoms with Crippen LogP contribution in [0.4, 0.5) is 0 Å². The molecular formula is C12H20N2OS. The standard InChI is InChI=1S/C12H20N2OS/c1-10-9-12(15)14(11(2)13-10)7-5-3-4-6-8-16/h9,16H,3-8H2,1-2H3. The third-order valence-corrected chi connectivity index (χ3v) is 2.93. The maximum absolute atomic E-state index is 11.7. The van der Waals surface area contributed by atoms with Crippen LogP contribution in [0.5, 0.6) is 0 Å². The normalized spacial score (nSPS) is 10.7. The molecule has 0 saturated carbocycles. The van der Waals surface area contributed by atoms with Crippen LogP contribution in [0.15, 0.2) is 10.9 Å². The molecule has 90 valence electrons. The van der Waals surface area contributed by atoms with Crippen molar-refractivity contribution in [2.45, 2.75) is 46.1 Å². The summed E-state index contributed by atoms with van der Waals surface area (Å²) < 4.78 is 1.76. The molecule has 0 unspecified atom stereocenters. The molecule has 0 spiro atoms. The quantitative estimate of drug-likeness (QED) is 0.612. The monoisotopic (exact) mass is 240 g/mol. The number of nitrogens with zero attached hydrogens (tertiary/aromatic N) is 2. The summed E-state index contributed by atoms with van der Waals surface area (Å²) in [6, 6.07) is 1.60. The smallest absolute Gasteiger partial charge is 0.253 e. The number of aryl methyl sites for hydroxylation is 2. The van der Waals surface area contributed by atoms with Crippen molar-refractivity contribution >= 4 is 12.6 Å². The molecule has 1 heterocycles. The number of aromatic nitrogens is 2. The summed E-state index contributed by atoms with van der Waals surface area (Å²) in [6.07, 6.45) is 4.54. The molecule has 0 aliphatic carbocycles. The number of hydrogen-bond donors (Lipinski definition) is 1. The Morgan fingerprint density at radius 2 is 1.94 bits per heavy atom. The second kappa shape index (κ2) is 6.74. The topological polar surface area (TPSA) is 34.9 Å². The number of rotatable bonds is 6. The molecule has 0 fully saturated rings. The zero-order chi connectivity index (χ0) is 12.0. The van der Waals surface area contributed by atoms with E-state index in [9.17, 15) is 4.79 Å². The maximum Gasteiger partial charge on any atom is 0.253 e. The number of hydrogen-bond acceptors (Lipinski definition) is 3. The van der Waals surface area contributed by atoms with Gasteiger partial charge in [0, 0.05) is 18.3 Å². The SMILES string of the molecule is Cc1cc(=O)n(CCCCCCS)c(C)n1. The highest BCUT2D eigenvalue weighted by molar-refractivity contribution is 7.80. The highest BCUT2D eigenvalue weighted by Gasteiger charge is 2.02. The lowest BCUT2D eigenvalue weighted by atomic mass is 10.2. The van der Waals surface area contributed by atoms with Gasteiger partial charge in [-0.1, -0.05) is 12.8 Å². The average molecular weight is 240 g/mol. The molecule has 0 aliphatic heterocycles. The summed E-state index contributed by atoms with van der Waals surface area (Å²) in [6.45, 7) is 4.53. The van der Waals surface area contributed by atoms with Crippen LogP contribution in [0.25, 0.3) is 0 Å². The minimum Gasteiger partial charge on any atom is -0.297 e. The fourth-order valence-corrected chi connectivity index (χ4v) is 1.99. The Kier molecular flexibility index (Phi) is 5.60. The van der Waals surface area contributed by atoms with Crippen molar-refractivity contribution in [3.8, 4) is 0 Å². The first-order valence-electron chi connectivity index (χ1n) is 5.81. The van der Waals surface area contributed by atoms with E-state index in [-0.39, 0.29) is 5.56 Å². The molecule has 0 atom stereocenters. The lowest BCUT2D eigenvalue weighted by Crippen LogP contribution is -2.23. The Morgan fingerprint density at radius 3 is 2.56 bits per heavy atom. The van der Waals surface area contributed by atoms with Crippen molar-refractivity contribution < 1.29 is 0 Å². The zero-order valence-corrected chi connectivity index (χ0v) is 11.0. The Bertz CT molecular complexity index is 387. The average Bonchev–Trinajstić information content (AvgIpc) is 2.20. The van der Waals surface area contributed by atoms with E-state index in [2.05, 4.69) is 17.6 Å². The van der Waals surface area contributed by atoms with Crippen LogP contribution in [0.3, 0.4) is 0 Å². The van der Waals surface area contributed by atoms with E-state index in [4.69, 9.17) is 0 Å². The van der Waals surface area contributed by atoms with Crippen LogP contribution in [-0.4, -0.2) is 15.3 Å². The van der Waals surface area contributed by atoms with Gasteiger partial charge in [0.2, 0.25) is 0 Å². The zero-order valence-electron chi connectivity index (χ0n) is 10.1. The van der Waals surface area contributed by atoms with Gasteiger partial charge >= 0.3 is 0 Å². The first-order chi connectivity index (χ1) is 7.65. The van der Waals surface area contributed by atoms with Gasteiger partial charge in [0.15, 0.2) is 0 Å². The Hall–Kier alpha value is -0.770. The van der Waals surface area contributed by atoms with E-state index in [0.717, 1.165) is 43.1 Å². The third-order valence-electron chi connectivity index (χ3n) is 2.62. The highest BCUT2D eigenvalue weighted by Crippen LogP contribution is 2.03. The summed E-state index contributed by atoms with van der Waals surface area (Å²) >= 11 is 4.17. The Balaban J connectivity index is 2.51. The molecule has 0 saturated heterocycles. The number of unbranched alkanes of at least 4 members (excludes halogenated alkanes) is 3. The predicted octanol–water partition coefficient (Wildman–Crippen LogP) is 2.35. The van der Waals surface area contributed by atoms with E-state index in [0.29, 0.717) is 0 Å². The lowest BCUT2D eigenvalue weighted by Gasteiger charge is -2.09. The molecule has 1 rings (SSSR count). The number of thiol groups is 1. The Morgan fingerprint density at radius 1 is 1.25 bits per heavy atom. The molecule has 0 N–H and O–H groups in total. The molecule has 1 aromatic rings. The minimum atomic E-state index is 0.0687. The second-order valence-electron chi connectivity index (χ2n) is 4.07. The largest absolute Gasteiger partial charge is 0.297 e. The third kappa shape index (κ3) is 4.00. The molecule has 3 nitrogen and oxygen atoms in total. The lowest BCUT2D eigenvalue weighted by molar-refractivity contribution is 0.551. The molecule has 0 radical (unpaired) electrons. The summed E-state index contributed by atoms with van der Waals surface area (Å²) in [5.41, 5.74) is 0.869. The molecule has 16 heavy (non-hydrogen) atoms. The van der Waals surface area contributed by atoms with E-state index < -0.39 is 0 Å². The van der Waals surface area contributed by atoms with Crippen molar-refractivity contribution in [3.63, 3.8) is 0 Å². The van der Waals surface area contributed by atoms with Crippen LogP contribution in [0, 0.1) is 13.8 Å². The predicted molar refractivity (Wildman–Crippen MR) is 70.3 cm³/mol. The van der Waals surface area contributed by atoms with Gasteiger partial charge in [-0.3, -0.25) is 9.36 Å². The van der Waals surface area contributed by atoms with Gasteiger partial charge in [-0.05, 0) is 32.4 Å². The van der Waals surface area contributed by atoms with Crippen LogP contribution in [0.1, 0.15) is 37.2 Å². The molecule has 4 heteroatoms. The van der Waals surface area contributed by atoms with Crippen molar-refractivity contribution in [3.05, 3.63) is 27.9 Å². The highest BCUT2D eigenvalue weighted by atomic mass is 32.1. The van der Waals surface area contributed by atoms with E-state index >= 15 is 0 Å². The van der Waals surface area contributed by atoms with Crippen LogP contribution >= 0.6 is 12.6 Å². The van der Waals surface area contributed by atoms with E-state index in [1.807, 2.05) is 13.8 Å². The summed E-state index contributed by atoms with van der Waals surface area (Å²) in [7, 11) is 0. The van der Waals surface area contributed by atoms with Crippen molar-refractivity contribution in [2.24, 2.45) is 0 Å². The van der Waals surface area contributed by atoms with Crippen molar-refractivity contribution in [1.29, 1.82) is 0 Å². The van der Waals surface area contributed by atoms with Gasteiger partial charge in [-0.2, -0.15) is 12.6 Å². The molecular weight excluding hydrogens is 220 g/mol. The van der Waals surface area contributed by atoms with Gasteiger partial charge in [-0.25, -0.2) is 4.98 Å². The molecule has 0 aromatic carbocycles. The van der Waals surface area contributed by atoms with Crippen molar-refractivity contribution in [2.75, 3.05) is 5.75 Å². The van der Waals surface area contributed by atoms with Crippen LogP contribution < -0.4 is 5.56 Å². The first kappa shape index (κ1) is 13.3. The summed E-state index contributed by atoms with van der Waals surface area (Å²) in [4.78, 5) is 16.0. The molecule has 0 aliphatic rings. The van der Waals surface area contributed by atoms with E-state index in [1.54, 1.807) is 10.6 Å². The van der Waals surface area contributed by atoms with E-state index in [1.165, 1.54) is 6.42 Å². The van der Waals surface area contributed by atoms with Crippen LogP contribution in [-0.2, 0) is 6.54 Å². The first-order valence-corrected chi connectivity index (χ1v) is 6.44. The van der Waals surface area contributed by atoms with Crippen molar-refractivity contribution in [1.82, 2.24) is 9.55 Å². The molecule has 1 aromatic heterocycles. The fourth-order valence-electron chi connectivity index (χ4n) is 1.77. The van der Waals surface area contributed by atoms with Gasteiger partial charge in [0.25, 0.3) is 5.56 Å². The summed E-state index contributed by atoms with van der Waals surface area (Å²) in [5.74, 6) is 1.77. The van der Waals surface area contributed by atoms with Crippen LogP contribution in [0.2, 0.25) is 0 Å². The maximum atomic E-state index is 11.7. The van der Waals surface area contributed by atoms with Gasteiger partial charge < -0.3 is 0 Å². The van der Waals surface area contributed by atoms with Gasteiger partial charge in [-0.15, -0.1) is 0 Å². The van der Waals surface area contributed by atoms with Gasteiger partial charge in [0.1, 0.15) is 5.82 Å². The fraction of sp³-hybridized carbons (Fsp3) is 0.667. The molecule has 0 amide bonds. The molecule has 0 bridgehead atoms. The van der Waals surface area contributed by atoms with Gasteiger partial charge in [0.05, 0.1) is 0 Å². The second-order valence-corrected chi connectivity index (χ2v) is 4.52. The Labute approximate surface area is 102 Å². The summed E-state index contributed by atoms with van der Waals surface area (Å²) in [5, 5.41) is 0.